The molecule has 3 aromatic rings. The second-order valence-corrected chi connectivity index (χ2v) is 9.16. The first kappa shape index (κ1) is 41.3. The highest BCUT2D eigenvalue weighted by molar-refractivity contribution is 7.86. The van der Waals surface area contributed by atoms with Crippen LogP contribution in [0.2, 0.25) is 0 Å². The van der Waals surface area contributed by atoms with E-state index in [0.29, 0.717) is 26.4 Å². The van der Waals surface area contributed by atoms with Crippen molar-refractivity contribution < 1.29 is 49.8 Å². The number of ether oxygens (including phenoxy) is 5. The number of alkyl halides is 3. The standard InChI is InChI=1S/2C10H12O2.C9H12O.CHF3O3S.H2S/c2*1-2-11-8-9-12-10-6-4-3-5-7-10;1-7-5-4-6-8(2)9(7)10-3;2-1(3,4)8(5,6)7;/h2*2-7H,1,8-9H2;4-6H,1-3H3;(H,5,6,7);1H2. The monoisotopic (exact) mass is 648 g/mol. The molecule has 0 aliphatic rings. The van der Waals surface area contributed by atoms with Crippen LogP contribution in [0.1, 0.15) is 11.1 Å². The third-order valence-corrected chi connectivity index (χ3v) is 5.15. The van der Waals surface area contributed by atoms with Gasteiger partial charge in [-0.3, -0.25) is 4.55 Å². The molecule has 13 heteroatoms. The molecule has 3 aromatic carbocycles. The van der Waals surface area contributed by atoms with Gasteiger partial charge in [0.15, 0.2) is 0 Å². The van der Waals surface area contributed by atoms with Crippen molar-refractivity contribution >= 4 is 23.6 Å². The smallest absolute Gasteiger partial charge is 0.498 e. The van der Waals surface area contributed by atoms with Crippen LogP contribution in [0.15, 0.2) is 105 Å². The Kier molecular flexibility index (Phi) is 22.8. The van der Waals surface area contributed by atoms with Gasteiger partial charge in [-0.1, -0.05) is 67.8 Å². The van der Waals surface area contributed by atoms with E-state index in [-0.39, 0.29) is 13.5 Å². The Labute approximate surface area is 258 Å². The average molecular weight is 649 g/mol. The lowest BCUT2D eigenvalue weighted by Gasteiger charge is -2.06. The van der Waals surface area contributed by atoms with E-state index in [1.165, 1.54) is 23.7 Å². The fourth-order valence-electron chi connectivity index (χ4n) is 2.74. The van der Waals surface area contributed by atoms with Crippen LogP contribution < -0.4 is 14.2 Å². The molecular formula is C30H39F3O8S2. The van der Waals surface area contributed by atoms with Crippen LogP contribution in [0, 0.1) is 13.8 Å². The van der Waals surface area contributed by atoms with Crippen LogP contribution >= 0.6 is 13.5 Å². The van der Waals surface area contributed by atoms with Crippen molar-refractivity contribution in [1.82, 2.24) is 0 Å². The van der Waals surface area contributed by atoms with Crippen molar-refractivity contribution in [3.8, 4) is 17.2 Å². The van der Waals surface area contributed by atoms with Gasteiger partial charge in [-0.25, -0.2) is 0 Å². The first-order valence-corrected chi connectivity index (χ1v) is 13.8. The maximum atomic E-state index is 10.7. The van der Waals surface area contributed by atoms with Crippen LogP contribution in [0.5, 0.6) is 17.2 Å². The fraction of sp³-hybridized carbons (Fsp3) is 0.267. The van der Waals surface area contributed by atoms with Crippen molar-refractivity contribution in [1.29, 1.82) is 0 Å². The number of benzene rings is 3. The van der Waals surface area contributed by atoms with Gasteiger partial charge >= 0.3 is 15.6 Å². The number of halogens is 3. The highest BCUT2D eigenvalue weighted by Crippen LogP contribution is 2.21. The summed E-state index contributed by atoms with van der Waals surface area (Å²) >= 11 is 0. The Bertz CT molecular complexity index is 1170. The fourth-order valence-corrected chi connectivity index (χ4v) is 2.74. The molecule has 0 amide bonds. The van der Waals surface area contributed by atoms with Gasteiger partial charge in [0.25, 0.3) is 0 Å². The highest BCUT2D eigenvalue weighted by atomic mass is 32.2. The van der Waals surface area contributed by atoms with E-state index in [2.05, 4.69) is 13.2 Å². The highest BCUT2D eigenvalue weighted by Gasteiger charge is 2.44. The zero-order valence-electron chi connectivity index (χ0n) is 24.2. The molecule has 0 heterocycles. The average Bonchev–Trinajstić information content (AvgIpc) is 2.95. The first-order valence-electron chi connectivity index (χ1n) is 12.3. The van der Waals surface area contributed by atoms with Gasteiger partial charge in [0, 0.05) is 0 Å². The molecule has 0 spiro atoms. The molecule has 0 aliphatic heterocycles. The molecule has 0 aliphatic carbocycles. The van der Waals surface area contributed by atoms with E-state index >= 15 is 0 Å². The van der Waals surface area contributed by atoms with Gasteiger partial charge in [0.2, 0.25) is 0 Å². The number of hydrogen-bond donors (Lipinski definition) is 1. The zero-order valence-corrected chi connectivity index (χ0v) is 26.1. The summed E-state index contributed by atoms with van der Waals surface area (Å²) in [5.74, 6) is 2.73. The SMILES string of the molecule is C=COCCOc1ccccc1.C=COCCOc1ccccc1.COc1c(C)cccc1C.O=S(=O)(O)C(F)(F)F.S. The third kappa shape index (κ3) is 20.7. The molecule has 0 saturated carbocycles. The number of rotatable bonds is 11. The van der Waals surface area contributed by atoms with Crippen molar-refractivity contribution in [3.63, 3.8) is 0 Å². The number of methoxy groups -OCH3 is 1. The normalized spacial score (nSPS) is 9.84. The molecule has 0 atom stereocenters. The molecule has 43 heavy (non-hydrogen) atoms. The zero-order chi connectivity index (χ0) is 31.9. The molecule has 1 N–H and O–H groups in total. The Morgan fingerprint density at radius 2 is 1.07 bits per heavy atom. The lowest BCUT2D eigenvalue weighted by Crippen LogP contribution is -2.21. The maximum Gasteiger partial charge on any atom is 0.522 e. The van der Waals surface area contributed by atoms with Crippen molar-refractivity contribution in [3.05, 3.63) is 116 Å². The number of para-hydroxylation sites is 3. The summed E-state index contributed by atoms with van der Waals surface area (Å²) in [5, 5.41) is 0. The molecule has 8 nitrogen and oxygen atoms in total. The van der Waals surface area contributed by atoms with Crippen molar-refractivity contribution in [2.24, 2.45) is 0 Å². The molecule has 3 rings (SSSR count). The van der Waals surface area contributed by atoms with Crippen LogP contribution in [-0.2, 0) is 19.6 Å². The summed E-state index contributed by atoms with van der Waals surface area (Å²) in [4.78, 5) is 0. The summed E-state index contributed by atoms with van der Waals surface area (Å²) < 4.78 is 83.2. The maximum absolute atomic E-state index is 10.7. The van der Waals surface area contributed by atoms with Gasteiger partial charge in [-0.15, -0.1) is 0 Å². The molecule has 240 valence electrons. The van der Waals surface area contributed by atoms with E-state index in [0.717, 1.165) is 17.2 Å². The van der Waals surface area contributed by atoms with E-state index in [9.17, 15) is 13.2 Å². The van der Waals surface area contributed by atoms with Crippen LogP contribution in [0.3, 0.4) is 0 Å². The van der Waals surface area contributed by atoms with Crippen molar-refractivity contribution in [2.45, 2.75) is 19.4 Å². The topological polar surface area (TPSA) is 101 Å². The Hall–Kier alpha value is -3.81. The number of hydrogen-bond acceptors (Lipinski definition) is 7. The van der Waals surface area contributed by atoms with Gasteiger partial charge in [0.1, 0.15) is 43.7 Å². The lowest BCUT2D eigenvalue weighted by atomic mass is 10.1. The molecule has 0 unspecified atom stereocenters. The molecule has 0 saturated heterocycles. The largest absolute Gasteiger partial charge is 0.522 e. The molecule has 0 bridgehead atoms. The minimum Gasteiger partial charge on any atom is -0.498 e. The van der Waals surface area contributed by atoms with Crippen LogP contribution in [0.4, 0.5) is 13.2 Å². The number of aryl methyl sites for hydroxylation is 2. The van der Waals surface area contributed by atoms with Crippen LogP contribution in [0.25, 0.3) is 0 Å². The van der Waals surface area contributed by atoms with E-state index in [4.69, 9.17) is 36.7 Å². The van der Waals surface area contributed by atoms with Crippen molar-refractivity contribution in [2.75, 3.05) is 33.5 Å². The Morgan fingerprint density at radius 3 is 1.33 bits per heavy atom. The van der Waals surface area contributed by atoms with Crippen LogP contribution in [-0.4, -0.2) is 52.0 Å². The van der Waals surface area contributed by atoms with Gasteiger partial charge in [-0.05, 0) is 49.2 Å². The second-order valence-electron chi connectivity index (χ2n) is 7.74. The Morgan fingerprint density at radius 1 is 0.721 bits per heavy atom. The summed E-state index contributed by atoms with van der Waals surface area (Å²) in [6.07, 6.45) is 2.82. The summed E-state index contributed by atoms with van der Waals surface area (Å²) in [5.41, 5.74) is -3.14. The van der Waals surface area contributed by atoms with Gasteiger partial charge in [0.05, 0.1) is 19.6 Å². The molecule has 0 fully saturated rings. The molecule has 0 aromatic heterocycles. The molecule has 0 radical (unpaired) electrons. The van der Waals surface area contributed by atoms with E-state index in [1.54, 1.807) is 7.11 Å². The summed E-state index contributed by atoms with van der Waals surface area (Å²) in [7, 11) is -4.14. The Balaban J connectivity index is 0. The minimum atomic E-state index is -5.84. The second kappa shape index (κ2) is 23.7. The lowest BCUT2D eigenvalue weighted by molar-refractivity contribution is -0.0510. The summed E-state index contributed by atoms with van der Waals surface area (Å²) in [6.45, 7) is 13.1. The third-order valence-electron chi connectivity index (χ3n) is 4.57. The molecular weight excluding hydrogens is 609 g/mol. The van der Waals surface area contributed by atoms with E-state index < -0.39 is 15.6 Å². The first-order chi connectivity index (χ1) is 19.9. The predicted octanol–water partition coefficient (Wildman–Crippen LogP) is 7.27. The van der Waals surface area contributed by atoms with Gasteiger partial charge in [-0.2, -0.15) is 35.1 Å². The summed E-state index contributed by atoms with van der Waals surface area (Å²) in [6, 6.07) is 25.4. The predicted molar refractivity (Wildman–Crippen MR) is 167 cm³/mol. The van der Waals surface area contributed by atoms with Gasteiger partial charge < -0.3 is 23.7 Å². The quantitative estimate of drug-likeness (QED) is 0.100. The van der Waals surface area contributed by atoms with E-state index in [1.807, 2.05) is 92.7 Å². The minimum absolute atomic E-state index is 0.